The summed E-state index contributed by atoms with van der Waals surface area (Å²) in [6.07, 6.45) is 4.15. The van der Waals surface area contributed by atoms with Crippen LogP contribution in [-0.2, 0) is 0 Å². The first-order valence-corrected chi connectivity index (χ1v) is 6.81. The number of alkyl halides is 1. The van der Waals surface area contributed by atoms with Gasteiger partial charge in [-0.15, -0.1) is 0 Å². The molecule has 1 fully saturated rings. The molecule has 0 aliphatic carbocycles. The van der Waals surface area contributed by atoms with Crippen molar-refractivity contribution < 1.29 is 0 Å². The zero-order valence-electron chi connectivity index (χ0n) is 8.27. The number of thioether (sulfide) groups is 1. The van der Waals surface area contributed by atoms with Crippen LogP contribution in [0.3, 0.4) is 0 Å². The highest BCUT2D eigenvalue weighted by Gasteiger charge is 2.36. The van der Waals surface area contributed by atoms with E-state index in [0.29, 0.717) is 4.75 Å². The molecule has 1 rings (SSSR count). The predicted molar refractivity (Wildman–Crippen MR) is 62.3 cm³/mol. The molecule has 0 nitrogen and oxygen atoms in total. The predicted octanol–water partition coefficient (Wildman–Crippen LogP) is 4.08. The third kappa shape index (κ3) is 2.66. The van der Waals surface area contributed by atoms with Crippen LogP contribution in [0.25, 0.3) is 0 Å². The molecule has 2 heteroatoms. The topological polar surface area (TPSA) is 0 Å². The number of hydrogen-bond donors (Lipinski definition) is 0. The maximum absolute atomic E-state index is 3.54. The highest BCUT2D eigenvalue weighted by atomic mass is 79.9. The van der Waals surface area contributed by atoms with Crippen LogP contribution in [0, 0.1) is 5.92 Å². The van der Waals surface area contributed by atoms with Crippen molar-refractivity contribution >= 4 is 27.7 Å². The van der Waals surface area contributed by atoms with Crippen molar-refractivity contribution in [2.75, 3.05) is 5.33 Å². The van der Waals surface area contributed by atoms with Gasteiger partial charge in [0.15, 0.2) is 0 Å². The van der Waals surface area contributed by atoms with E-state index in [-0.39, 0.29) is 0 Å². The van der Waals surface area contributed by atoms with Gasteiger partial charge in [-0.1, -0.05) is 36.7 Å². The molecule has 0 saturated carbocycles. The molecule has 0 N–H and O–H groups in total. The molecule has 1 aliphatic rings. The largest absolute Gasteiger partial charge is 0.152 e. The molecule has 0 spiro atoms. The van der Waals surface area contributed by atoms with Crippen LogP contribution in [0.5, 0.6) is 0 Å². The monoisotopic (exact) mass is 250 g/mol. The first-order valence-electron chi connectivity index (χ1n) is 4.81. The van der Waals surface area contributed by atoms with Gasteiger partial charge in [0.2, 0.25) is 0 Å². The molecular formula is C10H19BrS. The summed E-state index contributed by atoms with van der Waals surface area (Å²) in [6.45, 7) is 7.11. The van der Waals surface area contributed by atoms with Crippen molar-refractivity contribution in [3.05, 3.63) is 0 Å². The summed E-state index contributed by atoms with van der Waals surface area (Å²) in [5.41, 5.74) is 0. The van der Waals surface area contributed by atoms with Crippen LogP contribution in [0.15, 0.2) is 0 Å². The van der Waals surface area contributed by atoms with Gasteiger partial charge in [0.25, 0.3) is 0 Å². The van der Waals surface area contributed by atoms with Gasteiger partial charge in [0, 0.05) is 15.3 Å². The molecule has 12 heavy (non-hydrogen) atoms. The van der Waals surface area contributed by atoms with Gasteiger partial charge in [-0.2, -0.15) is 11.8 Å². The molecular weight excluding hydrogens is 232 g/mol. The fraction of sp³-hybridized carbons (Fsp3) is 1.00. The minimum Gasteiger partial charge on any atom is -0.152 e. The summed E-state index contributed by atoms with van der Waals surface area (Å²) < 4.78 is 0.568. The Balaban J connectivity index is 2.43. The van der Waals surface area contributed by atoms with Gasteiger partial charge in [-0.25, -0.2) is 0 Å². The molecule has 0 aromatic heterocycles. The quantitative estimate of drug-likeness (QED) is 0.681. The lowest BCUT2D eigenvalue weighted by Crippen LogP contribution is -2.17. The zero-order chi connectivity index (χ0) is 9.19. The Kier molecular flexibility index (Phi) is 3.97. The van der Waals surface area contributed by atoms with Crippen molar-refractivity contribution in [1.29, 1.82) is 0 Å². The maximum atomic E-state index is 3.54. The van der Waals surface area contributed by atoms with Crippen molar-refractivity contribution in [2.24, 2.45) is 5.92 Å². The van der Waals surface area contributed by atoms with E-state index in [2.05, 4.69) is 48.5 Å². The number of halogens is 1. The summed E-state index contributed by atoms with van der Waals surface area (Å²) in [5.74, 6) is 0.854. The van der Waals surface area contributed by atoms with Crippen molar-refractivity contribution in [3.8, 4) is 0 Å². The normalized spacial score (nSPS) is 36.2. The van der Waals surface area contributed by atoms with Crippen LogP contribution in [0.2, 0.25) is 0 Å². The molecule has 1 saturated heterocycles. The third-order valence-electron chi connectivity index (χ3n) is 2.76. The Labute approximate surface area is 89.0 Å². The number of rotatable bonds is 3. The highest BCUT2D eigenvalue weighted by Crippen LogP contribution is 2.47. The van der Waals surface area contributed by atoms with E-state index in [0.717, 1.165) is 16.5 Å². The Morgan fingerprint density at radius 3 is 2.67 bits per heavy atom. The van der Waals surface area contributed by atoms with Gasteiger partial charge < -0.3 is 0 Å². The smallest absolute Gasteiger partial charge is 0.0143 e. The lowest BCUT2D eigenvalue weighted by atomic mass is 9.98. The van der Waals surface area contributed by atoms with Crippen LogP contribution in [0.1, 0.15) is 40.0 Å². The SMILES string of the molecule is CC(C)C1CCC(C)(CCBr)S1. The van der Waals surface area contributed by atoms with Crippen LogP contribution < -0.4 is 0 Å². The zero-order valence-corrected chi connectivity index (χ0v) is 10.7. The first-order chi connectivity index (χ1) is 5.57. The van der Waals surface area contributed by atoms with E-state index in [1.807, 2.05) is 0 Å². The van der Waals surface area contributed by atoms with Crippen molar-refractivity contribution in [2.45, 2.75) is 50.0 Å². The molecule has 1 heterocycles. The highest BCUT2D eigenvalue weighted by molar-refractivity contribution is 9.09. The summed E-state index contributed by atoms with van der Waals surface area (Å²) in [6, 6.07) is 0. The molecule has 2 atom stereocenters. The van der Waals surface area contributed by atoms with Crippen LogP contribution >= 0.6 is 27.7 Å². The van der Waals surface area contributed by atoms with E-state index in [1.165, 1.54) is 19.3 Å². The molecule has 0 radical (unpaired) electrons. The van der Waals surface area contributed by atoms with E-state index in [1.54, 1.807) is 0 Å². The molecule has 72 valence electrons. The Morgan fingerprint density at radius 1 is 1.58 bits per heavy atom. The average molecular weight is 251 g/mol. The van der Waals surface area contributed by atoms with Gasteiger partial charge >= 0.3 is 0 Å². The van der Waals surface area contributed by atoms with E-state index in [4.69, 9.17) is 0 Å². The molecule has 2 unspecified atom stereocenters. The standard InChI is InChI=1S/C10H19BrS/c1-8(2)9-4-5-10(3,12-9)6-7-11/h8-9H,4-7H2,1-3H3. The summed E-state index contributed by atoms with van der Waals surface area (Å²) in [7, 11) is 0. The van der Waals surface area contributed by atoms with Crippen molar-refractivity contribution in [3.63, 3.8) is 0 Å². The summed E-state index contributed by atoms with van der Waals surface area (Å²) in [5, 5.41) is 2.07. The lowest BCUT2D eigenvalue weighted by molar-refractivity contribution is 0.538. The molecule has 0 amide bonds. The average Bonchev–Trinajstić information content (AvgIpc) is 2.33. The van der Waals surface area contributed by atoms with Gasteiger partial charge in [-0.05, 0) is 25.2 Å². The van der Waals surface area contributed by atoms with Gasteiger partial charge in [-0.3, -0.25) is 0 Å². The fourth-order valence-electron chi connectivity index (χ4n) is 1.78. The van der Waals surface area contributed by atoms with Crippen LogP contribution in [-0.4, -0.2) is 15.3 Å². The summed E-state index contributed by atoms with van der Waals surface area (Å²) >= 11 is 5.75. The second-order valence-electron chi connectivity index (χ2n) is 4.33. The molecule has 0 aromatic rings. The minimum absolute atomic E-state index is 0.568. The third-order valence-corrected chi connectivity index (χ3v) is 5.22. The molecule has 0 aromatic carbocycles. The van der Waals surface area contributed by atoms with Crippen molar-refractivity contribution in [1.82, 2.24) is 0 Å². The Bertz CT molecular complexity index is 147. The first kappa shape index (κ1) is 10.9. The molecule has 0 bridgehead atoms. The molecule has 1 aliphatic heterocycles. The second-order valence-corrected chi connectivity index (χ2v) is 6.95. The maximum Gasteiger partial charge on any atom is 0.0143 e. The van der Waals surface area contributed by atoms with Gasteiger partial charge in [0.05, 0.1) is 0 Å². The Morgan fingerprint density at radius 2 is 2.25 bits per heavy atom. The fourth-order valence-corrected chi connectivity index (χ4v) is 4.62. The summed E-state index contributed by atoms with van der Waals surface area (Å²) in [4.78, 5) is 0. The van der Waals surface area contributed by atoms with Gasteiger partial charge in [0.1, 0.15) is 0 Å². The van der Waals surface area contributed by atoms with E-state index < -0.39 is 0 Å². The minimum atomic E-state index is 0.568. The van der Waals surface area contributed by atoms with E-state index >= 15 is 0 Å². The lowest BCUT2D eigenvalue weighted by Gasteiger charge is -2.23. The van der Waals surface area contributed by atoms with E-state index in [9.17, 15) is 0 Å². The number of hydrogen-bond acceptors (Lipinski definition) is 1. The second kappa shape index (κ2) is 4.36. The Hall–Kier alpha value is 0.830. The van der Waals surface area contributed by atoms with Crippen LogP contribution in [0.4, 0.5) is 0 Å².